The highest BCUT2D eigenvalue weighted by Gasteiger charge is 2.22. The van der Waals surface area contributed by atoms with Crippen LogP contribution in [-0.4, -0.2) is 35.7 Å². The van der Waals surface area contributed by atoms with Crippen molar-refractivity contribution in [1.29, 1.82) is 0 Å². The number of nitrogens with zero attached hydrogens (tertiary/aromatic N) is 1. The quantitative estimate of drug-likeness (QED) is 0.558. The third-order valence-corrected chi connectivity index (χ3v) is 4.02. The number of hydrogen-bond donors (Lipinski definition) is 1. The van der Waals surface area contributed by atoms with Crippen molar-refractivity contribution in [3.05, 3.63) is 47.5 Å². The standard InChI is InChI=1S/C19H24N2O3/c1-15-7-9-16(10-8-15)5-4-6-17(22)20-13-2-3-14-21-18(23)11-12-19(21)24/h7-12H,2-6,13-14H2,1H3,(H,20,22). The lowest BCUT2D eigenvalue weighted by atomic mass is 10.1. The molecule has 0 fully saturated rings. The molecule has 0 saturated heterocycles. The summed E-state index contributed by atoms with van der Waals surface area (Å²) in [5.41, 5.74) is 2.49. The summed E-state index contributed by atoms with van der Waals surface area (Å²) in [5.74, 6) is -0.447. The molecule has 0 aromatic heterocycles. The maximum Gasteiger partial charge on any atom is 0.253 e. The average Bonchev–Trinajstić information content (AvgIpc) is 2.88. The molecule has 3 amide bonds. The van der Waals surface area contributed by atoms with Crippen LogP contribution >= 0.6 is 0 Å². The zero-order chi connectivity index (χ0) is 17.4. The van der Waals surface area contributed by atoms with Crippen LogP contribution in [0.3, 0.4) is 0 Å². The van der Waals surface area contributed by atoms with Crippen LogP contribution in [0.1, 0.15) is 36.8 Å². The Bertz CT molecular complexity index is 602. The fourth-order valence-electron chi connectivity index (χ4n) is 2.57. The molecule has 1 heterocycles. The van der Waals surface area contributed by atoms with Crippen molar-refractivity contribution in [3.63, 3.8) is 0 Å². The first-order valence-corrected chi connectivity index (χ1v) is 8.42. The van der Waals surface area contributed by atoms with Crippen LogP contribution in [-0.2, 0) is 20.8 Å². The van der Waals surface area contributed by atoms with Crippen molar-refractivity contribution in [1.82, 2.24) is 10.2 Å². The summed E-state index contributed by atoms with van der Waals surface area (Å²) >= 11 is 0. The second-order valence-electron chi connectivity index (χ2n) is 6.06. The van der Waals surface area contributed by atoms with E-state index in [1.807, 2.05) is 0 Å². The van der Waals surface area contributed by atoms with E-state index in [9.17, 15) is 14.4 Å². The van der Waals surface area contributed by atoms with Gasteiger partial charge in [-0.1, -0.05) is 29.8 Å². The van der Waals surface area contributed by atoms with Gasteiger partial charge in [-0.05, 0) is 38.2 Å². The Morgan fingerprint density at radius 1 is 1.00 bits per heavy atom. The van der Waals surface area contributed by atoms with Gasteiger partial charge in [-0.2, -0.15) is 0 Å². The van der Waals surface area contributed by atoms with E-state index in [1.54, 1.807) is 0 Å². The highest BCUT2D eigenvalue weighted by atomic mass is 16.2. The molecule has 128 valence electrons. The minimum absolute atomic E-state index is 0.0529. The Morgan fingerprint density at radius 3 is 2.33 bits per heavy atom. The lowest BCUT2D eigenvalue weighted by Crippen LogP contribution is -2.31. The first-order chi connectivity index (χ1) is 11.6. The van der Waals surface area contributed by atoms with E-state index in [-0.39, 0.29) is 17.7 Å². The Morgan fingerprint density at radius 2 is 1.67 bits per heavy atom. The molecule has 0 aliphatic carbocycles. The molecule has 5 nitrogen and oxygen atoms in total. The van der Waals surface area contributed by atoms with Gasteiger partial charge in [0.2, 0.25) is 5.91 Å². The van der Waals surface area contributed by atoms with Crippen molar-refractivity contribution >= 4 is 17.7 Å². The van der Waals surface area contributed by atoms with Crippen LogP contribution in [0.4, 0.5) is 0 Å². The normalized spacial score (nSPS) is 13.6. The first kappa shape index (κ1) is 17.9. The molecule has 0 bridgehead atoms. The highest BCUT2D eigenvalue weighted by Crippen LogP contribution is 2.07. The average molecular weight is 328 g/mol. The largest absolute Gasteiger partial charge is 0.356 e. The Labute approximate surface area is 142 Å². The summed E-state index contributed by atoms with van der Waals surface area (Å²) in [5, 5.41) is 2.88. The van der Waals surface area contributed by atoms with E-state index in [0.29, 0.717) is 25.9 Å². The summed E-state index contributed by atoms with van der Waals surface area (Å²) in [7, 11) is 0. The number of carbonyl (C=O) groups is 3. The van der Waals surface area contributed by atoms with Crippen LogP contribution in [0.25, 0.3) is 0 Å². The van der Waals surface area contributed by atoms with E-state index < -0.39 is 0 Å². The van der Waals surface area contributed by atoms with Gasteiger partial charge in [0.15, 0.2) is 0 Å². The molecule has 24 heavy (non-hydrogen) atoms. The third kappa shape index (κ3) is 5.65. The van der Waals surface area contributed by atoms with Crippen LogP contribution in [0.5, 0.6) is 0 Å². The van der Waals surface area contributed by atoms with Crippen molar-refractivity contribution < 1.29 is 14.4 Å². The number of rotatable bonds is 9. The van der Waals surface area contributed by atoms with Gasteiger partial charge in [0.25, 0.3) is 11.8 Å². The number of carbonyl (C=O) groups excluding carboxylic acids is 3. The smallest absolute Gasteiger partial charge is 0.253 e. The van der Waals surface area contributed by atoms with Crippen molar-refractivity contribution in [2.75, 3.05) is 13.1 Å². The molecule has 0 spiro atoms. The number of unbranched alkanes of at least 4 members (excludes halogenated alkanes) is 1. The van der Waals surface area contributed by atoms with Gasteiger partial charge in [0.05, 0.1) is 0 Å². The molecule has 0 saturated carbocycles. The minimum atomic E-state index is -0.250. The van der Waals surface area contributed by atoms with E-state index in [2.05, 4.69) is 36.5 Å². The van der Waals surface area contributed by atoms with Gasteiger partial charge in [-0.15, -0.1) is 0 Å². The van der Waals surface area contributed by atoms with Gasteiger partial charge >= 0.3 is 0 Å². The monoisotopic (exact) mass is 328 g/mol. The minimum Gasteiger partial charge on any atom is -0.356 e. The van der Waals surface area contributed by atoms with Crippen molar-refractivity contribution in [2.45, 2.75) is 39.0 Å². The summed E-state index contributed by atoms with van der Waals surface area (Å²) in [6, 6.07) is 8.37. The molecule has 1 N–H and O–H groups in total. The fourth-order valence-corrected chi connectivity index (χ4v) is 2.57. The van der Waals surface area contributed by atoms with Gasteiger partial charge in [-0.3, -0.25) is 19.3 Å². The Balaban J connectivity index is 1.51. The zero-order valence-electron chi connectivity index (χ0n) is 14.1. The molecule has 1 aromatic carbocycles. The van der Waals surface area contributed by atoms with E-state index in [4.69, 9.17) is 0 Å². The number of nitrogens with one attached hydrogen (secondary N) is 1. The molecule has 1 aliphatic heterocycles. The first-order valence-electron chi connectivity index (χ1n) is 8.42. The summed E-state index contributed by atoms with van der Waals surface area (Å²) in [6.45, 7) is 3.05. The van der Waals surface area contributed by atoms with Crippen molar-refractivity contribution in [3.8, 4) is 0 Å². The molecule has 1 aromatic rings. The molecule has 0 unspecified atom stereocenters. The van der Waals surface area contributed by atoms with Gasteiger partial charge in [-0.25, -0.2) is 0 Å². The van der Waals surface area contributed by atoms with Crippen LogP contribution in [0, 0.1) is 6.92 Å². The topological polar surface area (TPSA) is 66.5 Å². The second kappa shape index (κ2) is 9.01. The van der Waals surface area contributed by atoms with E-state index in [0.717, 1.165) is 19.3 Å². The SMILES string of the molecule is Cc1ccc(CCCC(=O)NCCCCN2C(=O)C=CC2=O)cc1. The van der Waals surface area contributed by atoms with Crippen molar-refractivity contribution in [2.24, 2.45) is 0 Å². The molecular weight excluding hydrogens is 304 g/mol. The molecule has 0 radical (unpaired) electrons. The number of benzene rings is 1. The summed E-state index contributed by atoms with van der Waals surface area (Å²) in [6.07, 6.45) is 6.28. The lowest BCUT2D eigenvalue weighted by molar-refractivity contribution is -0.136. The number of amides is 3. The predicted octanol–water partition coefficient (Wildman–Crippen LogP) is 2.14. The lowest BCUT2D eigenvalue weighted by Gasteiger charge is -2.13. The number of hydrogen-bond acceptors (Lipinski definition) is 3. The fraction of sp³-hybridized carbons (Fsp3) is 0.421. The number of imide groups is 1. The van der Waals surface area contributed by atoms with Gasteiger partial charge < -0.3 is 5.32 Å². The van der Waals surface area contributed by atoms with Crippen LogP contribution in [0.2, 0.25) is 0 Å². The molecule has 5 heteroatoms. The third-order valence-electron chi connectivity index (χ3n) is 4.02. The molecule has 2 rings (SSSR count). The van der Waals surface area contributed by atoms with Crippen LogP contribution in [0.15, 0.2) is 36.4 Å². The summed E-state index contributed by atoms with van der Waals surface area (Å²) < 4.78 is 0. The Hall–Kier alpha value is -2.43. The van der Waals surface area contributed by atoms with E-state index in [1.165, 1.54) is 28.2 Å². The van der Waals surface area contributed by atoms with Crippen LogP contribution < -0.4 is 5.32 Å². The second-order valence-corrected chi connectivity index (χ2v) is 6.06. The van der Waals surface area contributed by atoms with Gasteiger partial charge in [0.1, 0.15) is 0 Å². The Kier molecular flexibility index (Phi) is 6.73. The maximum atomic E-state index is 11.8. The van der Waals surface area contributed by atoms with E-state index >= 15 is 0 Å². The zero-order valence-corrected chi connectivity index (χ0v) is 14.1. The molecule has 0 atom stereocenters. The molecule has 1 aliphatic rings. The predicted molar refractivity (Wildman–Crippen MR) is 92.2 cm³/mol. The highest BCUT2D eigenvalue weighted by molar-refractivity contribution is 6.12. The summed E-state index contributed by atoms with van der Waals surface area (Å²) in [4.78, 5) is 35.7. The maximum absolute atomic E-state index is 11.8. The number of aryl methyl sites for hydroxylation is 2. The van der Waals surface area contributed by atoms with Gasteiger partial charge in [0, 0.05) is 31.7 Å². The molecular formula is C19H24N2O3.